The van der Waals surface area contributed by atoms with E-state index in [4.69, 9.17) is 10.8 Å². The van der Waals surface area contributed by atoms with Crippen LogP contribution in [0, 0.1) is 10.8 Å². The highest BCUT2D eigenvalue weighted by atomic mass is 19.3. The Morgan fingerprint density at radius 1 is 1.19 bits per heavy atom. The van der Waals surface area contributed by atoms with Gasteiger partial charge in [-0.3, -0.25) is 0 Å². The lowest BCUT2D eigenvalue weighted by molar-refractivity contribution is 0.223. The van der Waals surface area contributed by atoms with Gasteiger partial charge in [-0.05, 0) is 18.4 Å². The summed E-state index contributed by atoms with van der Waals surface area (Å²) in [6.45, 7) is 9.70. The topological polar surface area (TPSA) is 63.0 Å². The molecule has 6 heteroatoms. The zero-order valence-electron chi connectivity index (χ0n) is 14.9. The molecule has 4 nitrogen and oxygen atoms in total. The van der Waals surface area contributed by atoms with E-state index in [1.165, 1.54) is 5.56 Å². The molecule has 0 aromatic heterocycles. The van der Waals surface area contributed by atoms with Crippen LogP contribution in [-0.2, 0) is 6.54 Å². The molecule has 1 aromatic carbocycles. The van der Waals surface area contributed by atoms with Crippen molar-refractivity contribution in [2.24, 2.45) is 0 Å². The Hall–Kier alpha value is -2.50. The Morgan fingerprint density at radius 2 is 1.88 bits per heavy atom. The maximum absolute atomic E-state index is 12.4. The van der Waals surface area contributed by atoms with Crippen molar-refractivity contribution in [2.75, 3.05) is 6.54 Å². The van der Waals surface area contributed by atoms with Crippen molar-refractivity contribution in [2.45, 2.75) is 44.7 Å². The molecule has 0 spiro atoms. The highest BCUT2D eigenvalue weighted by molar-refractivity contribution is 6.03. The van der Waals surface area contributed by atoms with E-state index >= 15 is 0 Å². The maximum Gasteiger partial charge on any atom is 0.276 e. The van der Waals surface area contributed by atoms with Crippen LogP contribution in [0.15, 0.2) is 54.9 Å². The summed E-state index contributed by atoms with van der Waals surface area (Å²) in [6, 6.07) is 10.1. The predicted octanol–water partition coefficient (Wildman–Crippen LogP) is 4.35. The lowest BCUT2D eigenvalue weighted by Gasteiger charge is -2.30. The van der Waals surface area contributed by atoms with Gasteiger partial charge in [-0.25, -0.2) is 8.78 Å². The van der Waals surface area contributed by atoms with Crippen molar-refractivity contribution in [3.8, 4) is 0 Å². The summed E-state index contributed by atoms with van der Waals surface area (Å²) >= 11 is 0. The Kier molecular flexibility index (Phi) is 7.06. The van der Waals surface area contributed by atoms with Crippen LogP contribution in [0.5, 0.6) is 0 Å². The predicted molar refractivity (Wildman–Crippen MR) is 102 cm³/mol. The Morgan fingerprint density at radius 3 is 2.54 bits per heavy atom. The molecule has 0 saturated carbocycles. The first kappa shape index (κ1) is 19.8. The third-order valence-electron chi connectivity index (χ3n) is 4.51. The zero-order valence-corrected chi connectivity index (χ0v) is 14.9. The molecule has 1 aliphatic heterocycles. The third-order valence-corrected chi connectivity index (χ3v) is 4.51. The summed E-state index contributed by atoms with van der Waals surface area (Å²) in [5.74, 6) is 0. The number of alkyl halides is 2. The van der Waals surface area contributed by atoms with Crippen molar-refractivity contribution < 1.29 is 8.78 Å². The van der Waals surface area contributed by atoms with Crippen LogP contribution in [0.25, 0.3) is 0 Å². The quantitative estimate of drug-likeness (QED) is 0.543. The second-order valence-electron chi connectivity index (χ2n) is 6.57. The van der Waals surface area contributed by atoms with Gasteiger partial charge in [-0.2, -0.15) is 0 Å². The molecule has 1 unspecified atom stereocenters. The first-order valence-corrected chi connectivity index (χ1v) is 8.71. The number of rotatable bonds is 10. The molecule has 0 aliphatic carbocycles. The van der Waals surface area contributed by atoms with Crippen LogP contribution in [-0.4, -0.2) is 35.3 Å². The number of hydrogen-bond acceptors (Lipinski definition) is 4. The lowest BCUT2D eigenvalue weighted by Crippen LogP contribution is -2.35. The molecular formula is C20H26F2N4. The van der Waals surface area contributed by atoms with Crippen LogP contribution in [0.4, 0.5) is 8.78 Å². The van der Waals surface area contributed by atoms with Crippen LogP contribution in [0.1, 0.15) is 31.2 Å². The number of allylic oxidation sites excluding steroid dienone is 1. The van der Waals surface area contributed by atoms with Crippen LogP contribution in [0.2, 0.25) is 0 Å². The summed E-state index contributed by atoms with van der Waals surface area (Å²) < 4.78 is 24.9. The summed E-state index contributed by atoms with van der Waals surface area (Å²) in [5, 5.41) is 18.4. The van der Waals surface area contributed by atoms with E-state index in [1.807, 2.05) is 30.3 Å². The second kappa shape index (κ2) is 9.27. The van der Waals surface area contributed by atoms with E-state index < -0.39 is 12.1 Å². The van der Waals surface area contributed by atoms with Gasteiger partial charge in [-0.15, -0.1) is 0 Å². The third kappa shape index (κ3) is 5.51. The van der Waals surface area contributed by atoms with Crippen molar-refractivity contribution in [3.63, 3.8) is 0 Å². The fraction of sp³-hybridized carbons (Fsp3) is 0.400. The van der Waals surface area contributed by atoms with Gasteiger partial charge >= 0.3 is 0 Å². The molecule has 3 N–H and O–H groups in total. The van der Waals surface area contributed by atoms with Crippen LogP contribution in [0.3, 0.4) is 0 Å². The van der Waals surface area contributed by atoms with Gasteiger partial charge in [-0.1, -0.05) is 43.5 Å². The number of nitrogens with zero attached hydrogens (tertiary/aromatic N) is 1. The molecule has 0 radical (unpaired) electrons. The zero-order chi connectivity index (χ0) is 19.1. The molecule has 0 amide bonds. The fourth-order valence-corrected chi connectivity index (χ4v) is 3.15. The van der Waals surface area contributed by atoms with E-state index in [0.29, 0.717) is 6.54 Å². The standard InChI is InChI=1S/C20H26F2N4/c1-14(11-17(23)12-18(24)20(21)22)26-10-6-9-19(26)15(2)25-13-16-7-4-3-5-8-16/h3-5,7-8,19-20,23-25H,1-2,6,9-13H2. The molecule has 1 aliphatic rings. The normalized spacial score (nSPS) is 16.6. The number of hydrogen-bond donors (Lipinski definition) is 3. The number of halogens is 2. The fourth-order valence-electron chi connectivity index (χ4n) is 3.15. The Balaban J connectivity index is 1.87. The summed E-state index contributed by atoms with van der Waals surface area (Å²) in [4.78, 5) is 2.10. The van der Waals surface area contributed by atoms with E-state index in [2.05, 4.69) is 23.4 Å². The minimum Gasteiger partial charge on any atom is -0.383 e. The summed E-state index contributed by atoms with van der Waals surface area (Å²) in [7, 11) is 0. The summed E-state index contributed by atoms with van der Waals surface area (Å²) in [5.41, 5.74) is 2.18. The number of benzene rings is 1. The molecule has 1 aromatic rings. The van der Waals surface area contributed by atoms with Crippen LogP contribution < -0.4 is 5.32 Å². The van der Waals surface area contributed by atoms with Gasteiger partial charge in [0.25, 0.3) is 6.43 Å². The smallest absolute Gasteiger partial charge is 0.276 e. The van der Waals surface area contributed by atoms with Gasteiger partial charge in [0, 0.05) is 43.0 Å². The van der Waals surface area contributed by atoms with Crippen molar-refractivity contribution in [1.29, 1.82) is 10.8 Å². The Bertz CT molecular complexity index is 670. The summed E-state index contributed by atoms with van der Waals surface area (Å²) in [6.07, 6.45) is -0.958. The maximum atomic E-state index is 12.4. The first-order chi connectivity index (χ1) is 12.4. The first-order valence-electron chi connectivity index (χ1n) is 8.71. The van der Waals surface area contributed by atoms with Crippen molar-refractivity contribution in [1.82, 2.24) is 10.2 Å². The minimum absolute atomic E-state index is 0.0913. The largest absolute Gasteiger partial charge is 0.383 e. The van der Waals surface area contributed by atoms with Crippen molar-refractivity contribution in [3.05, 3.63) is 60.4 Å². The SMILES string of the molecule is C=C(NCc1ccccc1)C1CCCN1C(=C)CC(=N)CC(=N)C(F)F. The highest BCUT2D eigenvalue weighted by Gasteiger charge is 2.28. The van der Waals surface area contributed by atoms with Gasteiger partial charge < -0.3 is 21.0 Å². The Labute approximate surface area is 153 Å². The van der Waals surface area contributed by atoms with E-state index in [0.717, 1.165) is 30.8 Å². The lowest BCUT2D eigenvalue weighted by atomic mass is 10.1. The average Bonchev–Trinajstić information content (AvgIpc) is 3.10. The molecule has 26 heavy (non-hydrogen) atoms. The molecule has 1 saturated heterocycles. The molecular weight excluding hydrogens is 334 g/mol. The van der Waals surface area contributed by atoms with Gasteiger partial charge in [0.05, 0.1) is 11.8 Å². The number of likely N-dealkylation sites (tertiary alicyclic amines) is 1. The molecule has 0 bridgehead atoms. The number of nitrogens with one attached hydrogen (secondary N) is 3. The second-order valence-corrected chi connectivity index (χ2v) is 6.57. The minimum atomic E-state index is -2.80. The van der Waals surface area contributed by atoms with E-state index in [1.54, 1.807) is 0 Å². The van der Waals surface area contributed by atoms with Crippen LogP contribution >= 0.6 is 0 Å². The van der Waals surface area contributed by atoms with Gasteiger partial charge in [0.2, 0.25) is 0 Å². The molecule has 2 rings (SSSR count). The molecule has 140 valence electrons. The molecule has 1 fully saturated rings. The van der Waals surface area contributed by atoms with E-state index in [-0.39, 0.29) is 24.6 Å². The average molecular weight is 360 g/mol. The van der Waals surface area contributed by atoms with Gasteiger partial charge in [0.15, 0.2) is 0 Å². The molecule has 1 heterocycles. The highest BCUT2D eigenvalue weighted by Crippen LogP contribution is 2.27. The van der Waals surface area contributed by atoms with Gasteiger partial charge in [0.1, 0.15) is 0 Å². The monoisotopic (exact) mass is 360 g/mol. The van der Waals surface area contributed by atoms with Crippen molar-refractivity contribution >= 4 is 11.4 Å². The van der Waals surface area contributed by atoms with E-state index in [9.17, 15) is 8.78 Å². The molecule has 1 atom stereocenters.